The molecule has 0 unspecified atom stereocenters. The van der Waals surface area contributed by atoms with E-state index in [1.807, 2.05) is 36.2 Å². The van der Waals surface area contributed by atoms with Crippen molar-refractivity contribution in [3.63, 3.8) is 0 Å². The van der Waals surface area contributed by atoms with Gasteiger partial charge in [-0.3, -0.25) is 4.79 Å². The summed E-state index contributed by atoms with van der Waals surface area (Å²) in [6.45, 7) is 2.82. The number of nitrogens with zero attached hydrogens (tertiary/aromatic N) is 2. The van der Waals surface area contributed by atoms with E-state index in [0.717, 1.165) is 24.5 Å². The van der Waals surface area contributed by atoms with E-state index in [0.29, 0.717) is 18.7 Å². The lowest BCUT2D eigenvalue weighted by Gasteiger charge is -2.36. The Kier molecular flexibility index (Phi) is 4.46. The van der Waals surface area contributed by atoms with Crippen LogP contribution in [0.3, 0.4) is 0 Å². The van der Waals surface area contributed by atoms with E-state index in [2.05, 4.69) is 10.2 Å². The molecule has 3 rings (SSSR count). The van der Waals surface area contributed by atoms with Gasteiger partial charge in [0.05, 0.1) is 5.56 Å². The summed E-state index contributed by atoms with van der Waals surface area (Å²) in [7, 11) is 1.82. The summed E-state index contributed by atoms with van der Waals surface area (Å²) in [6, 6.07) is 14.0. The Morgan fingerprint density at radius 2 is 1.65 bits per heavy atom. The molecule has 0 aromatic heterocycles. The molecule has 1 aliphatic rings. The van der Waals surface area contributed by atoms with Crippen molar-refractivity contribution in [3.8, 4) is 0 Å². The number of hydrogen-bond acceptors (Lipinski definition) is 3. The van der Waals surface area contributed by atoms with E-state index < -0.39 is 0 Å². The lowest BCUT2D eigenvalue weighted by Crippen LogP contribution is -2.48. The van der Waals surface area contributed by atoms with Gasteiger partial charge in [0.2, 0.25) is 0 Å². The summed E-state index contributed by atoms with van der Waals surface area (Å²) in [5.74, 6) is -0.181. The molecule has 4 nitrogen and oxygen atoms in total. The first kappa shape index (κ1) is 15.3. The minimum absolute atomic E-state index is 0.0497. The number of hydrogen-bond donors (Lipinski definition) is 1. The number of para-hydroxylation sites is 1. The van der Waals surface area contributed by atoms with Crippen LogP contribution in [-0.4, -0.2) is 44.0 Å². The smallest absolute Gasteiger partial charge is 0.256 e. The van der Waals surface area contributed by atoms with Gasteiger partial charge in [0, 0.05) is 44.6 Å². The first-order valence-corrected chi connectivity index (χ1v) is 7.75. The monoisotopic (exact) mass is 313 g/mol. The van der Waals surface area contributed by atoms with Crippen molar-refractivity contribution in [1.29, 1.82) is 0 Å². The zero-order chi connectivity index (χ0) is 16.2. The van der Waals surface area contributed by atoms with Crippen molar-refractivity contribution in [2.45, 2.75) is 0 Å². The van der Waals surface area contributed by atoms with Gasteiger partial charge in [-0.15, -0.1) is 0 Å². The van der Waals surface area contributed by atoms with Crippen LogP contribution >= 0.6 is 0 Å². The fourth-order valence-corrected chi connectivity index (χ4v) is 2.88. The van der Waals surface area contributed by atoms with E-state index in [4.69, 9.17) is 0 Å². The lowest BCUT2D eigenvalue weighted by molar-refractivity contribution is 0.0748. The largest absolute Gasteiger partial charge is 0.387 e. The molecular weight excluding hydrogens is 293 g/mol. The van der Waals surface area contributed by atoms with E-state index in [9.17, 15) is 9.18 Å². The van der Waals surface area contributed by atoms with E-state index in [1.54, 1.807) is 12.1 Å². The molecule has 0 radical (unpaired) electrons. The van der Waals surface area contributed by atoms with E-state index in [1.165, 1.54) is 12.1 Å². The standard InChI is InChI=1S/C18H20FN3O/c1-20-17-5-3-2-4-16(17)18(23)22-12-10-21(11-13-22)15-8-6-14(19)7-9-15/h2-9,20H,10-13H2,1H3. The van der Waals surface area contributed by atoms with Crippen LogP contribution < -0.4 is 10.2 Å². The third kappa shape index (κ3) is 3.28. The maximum atomic E-state index is 13.0. The van der Waals surface area contributed by atoms with Crippen molar-refractivity contribution in [1.82, 2.24) is 4.90 Å². The second-order valence-electron chi connectivity index (χ2n) is 5.55. The van der Waals surface area contributed by atoms with Crippen LogP contribution in [0.15, 0.2) is 48.5 Å². The summed E-state index contributed by atoms with van der Waals surface area (Å²) < 4.78 is 13.0. The van der Waals surface area contributed by atoms with Gasteiger partial charge in [-0.25, -0.2) is 4.39 Å². The van der Waals surface area contributed by atoms with Gasteiger partial charge in [-0.1, -0.05) is 12.1 Å². The molecule has 2 aromatic rings. The van der Waals surface area contributed by atoms with Crippen LogP contribution in [0.4, 0.5) is 15.8 Å². The Morgan fingerprint density at radius 1 is 1.00 bits per heavy atom. The lowest BCUT2D eigenvalue weighted by atomic mass is 10.1. The number of nitrogens with one attached hydrogen (secondary N) is 1. The summed E-state index contributed by atoms with van der Waals surface area (Å²) in [5.41, 5.74) is 2.54. The number of carbonyl (C=O) groups is 1. The maximum absolute atomic E-state index is 13.0. The Balaban J connectivity index is 1.66. The van der Waals surface area contributed by atoms with Crippen LogP contribution in [0.25, 0.3) is 0 Å². The number of benzene rings is 2. The molecule has 1 fully saturated rings. The highest BCUT2D eigenvalue weighted by Crippen LogP contribution is 2.20. The summed E-state index contributed by atoms with van der Waals surface area (Å²) in [5, 5.41) is 3.06. The van der Waals surface area contributed by atoms with Crippen LogP contribution in [0.5, 0.6) is 0 Å². The maximum Gasteiger partial charge on any atom is 0.256 e. The molecule has 1 amide bonds. The molecule has 2 aromatic carbocycles. The highest BCUT2D eigenvalue weighted by atomic mass is 19.1. The van der Waals surface area contributed by atoms with Crippen molar-refractivity contribution in [3.05, 3.63) is 59.9 Å². The normalized spacial score (nSPS) is 14.7. The quantitative estimate of drug-likeness (QED) is 0.946. The van der Waals surface area contributed by atoms with Crippen LogP contribution in [-0.2, 0) is 0 Å². The van der Waals surface area contributed by atoms with Gasteiger partial charge in [0.15, 0.2) is 0 Å². The fourth-order valence-electron chi connectivity index (χ4n) is 2.88. The molecule has 120 valence electrons. The van der Waals surface area contributed by atoms with Crippen molar-refractivity contribution in [2.24, 2.45) is 0 Å². The molecule has 1 N–H and O–H groups in total. The molecule has 1 saturated heterocycles. The van der Waals surface area contributed by atoms with Crippen molar-refractivity contribution >= 4 is 17.3 Å². The number of halogens is 1. The van der Waals surface area contributed by atoms with Crippen molar-refractivity contribution in [2.75, 3.05) is 43.4 Å². The highest BCUT2D eigenvalue weighted by Gasteiger charge is 2.23. The molecule has 0 aliphatic carbocycles. The minimum atomic E-state index is -0.230. The minimum Gasteiger partial charge on any atom is -0.387 e. The van der Waals surface area contributed by atoms with Gasteiger partial charge in [-0.2, -0.15) is 0 Å². The Labute approximate surface area is 135 Å². The third-order valence-electron chi connectivity index (χ3n) is 4.19. The molecular formula is C18H20FN3O. The molecule has 1 aliphatic heterocycles. The Morgan fingerprint density at radius 3 is 2.30 bits per heavy atom. The molecule has 23 heavy (non-hydrogen) atoms. The SMILES string of the molecule is CNc1ccccc1C(=O)N1CCN(c2ccc(F)cc2)CC1. The summed E-state index contributed by atoms with van der Waals surface area (Å²) in [4.78, 5) is 16.7. The summed E-state index contributed by atoms with van der Waals surface area (Å²) >= 11 is 0. The third-order valence-corrected chi connectivity index (χ3v) is 4.19. The number of amides is 1. The number of piperazine rings is 1. The van der Waals surface area contributed by atoms with Crippen LogP contribution in [0, 0.1) is 5.82 Å². The average molecular weight is 313 g/mol. The van der Waals surface area contributed by atoms with E-state index in [-0.39, 0.29) is 11.7 Å². The Bertz CT molecular complexity index is 679. The zero-order valence-corrected chi connectivity index (χ0v) is 13.1. The first-order valence-electron chi connectivity index (χ1n) is 7.75. The Hall–Kier alpha value is -2.56. The van der Waals surface area contributed by atoms with Gasteiger partial charge in [0.1, 0.15) is 5.82 Å². The molecule has 1 heterocycles. The number of rotatable bonds is 3. The molecule has 0 bridgehead atoms. The fraction of sp³-hybridized carbons (Fsp3) is 0.278. The predicted octanol–water partition coefficient (Wildman–Crippen LogP) is 2.83. The molecule has 0 spiro atoms. The second-order valence-corrected chi connectivity index (χ2v) is 5.55. The number of carbonyl (C=O) groups excluding carboxylic acids is 1. The predicted molar refractivity (Wildman–Crippen MR) is 90.5 cm³/mol. The average Bonchev–Trinajstić information content (AvgIpc) is 2.62. The van der Waals surface area contributed by atoms with Crippen LogP contribution in [0.1, 0.15) is 10.4 Å². The first-order chi connectivity index (χ1) is 11.2. The molecule has 0 saturated carbocycles. The summed E-state index contributed by atoms with van der Waals surface area (Å²) in [6.07, 6.45) is 0. The van der Waals surface area contributed by atoms with Gasteiger partial charge < -0.3 is 15.1 Å². The highest BCUT2D eigenvalue weighted by molar-refractivity contribution is 5.99. The van der Waals surface area contributed by atoms with Gasteiger partial charge >= 0.3 is 0 Å². The zero-order valence-electron chi connectivity index (χ0n) is 13.1. The molecule has 0 atom stereocenters. The van der Waals surface area contributed by atoms with Gasteiger partial charge in [0.25, 0.3) is 5.91 Å². The second kappa shape index (κ2) is 6.69. The number of anilines is 2. The molecule has 5 heteroatoms. The van der Waals surface area contributed by atoms with Gasteiger partial charge in [-0.05, 0) is 36.4 Å². The van der Waals surface area contributed by atoms with Crippen LogP contribution in [0.2, 0.25) is 0 Å². The van der Waals surface area contributed by atoms with E-state index >= 15 is 0 Å². The topological polar surface area (TPSA) is 35.6 Å². The van der Waals surface area contributed by atoms with Crippen molar-refractivity contribution < 1.29 is 9.18 Å².